The van der Waals surface area contributed by atoms with Gasteiger partial charge in [0.25, 0.3) is 5.91 Å². The summed E-state index contributed by atoms with van der Waals surface area (Å²) in [5.74, 6) is 5.65. The van der Waals surface area contributed by atoms with Gasteiger partial charge in [-0.15, -0.1) is 10.2 Å². The topological polar surface area (TPSA) is 106 Å². The molecule has 0 aliphatic rings. The maximum atomic E-state index is 11.8. The average Bonchev–Trinajstić information content (AvgIpc) is 2.39. The van der Waals surface area contributed by atoms with Crippen LogP contribution in [-0.2, 0) is 0 Å². The molecule has 18 heavy (non-hydrogen) atoms. The molecule has 0 aromatic carbocycles. The van der Waals surface area contributed by atoms with Gasteiger partial charge in [0.2, 0.25) is 0 Å². The second-order valence-corrected chi connectivity index (χ2v) is 3.57. The Hall–Kier alpha value is -2.54. The Kier molecular flexibility index (Phi) is 3.44. The van der Waals surface area contributed by atoms with Crippen LogP contribution >= 0.6 is 0 Å². The quantitative estimate of drug-likeness (QED) is 0.542. The molecule has 0 spiro atoms. The molecule has 7 heteroatoms. The highest BCUT2D eigenvalue weighted by atomic mass is 16.2. The first-order valence-corrected chi connectivity index (χ1v) is 5.24. The summed E-state index contributed by atoms with van der Waals surface area (Å²) < 4.78 is 0. The fourth-order valence-corrected chi connectivity index (χ4v) is 1.32. The van der Waals surface area contributed by atoms with Gasteiger partial charge in [-0.25, -0.2) is 10.8 Å². The van der Waals surface area contributed by atoms with Crippen LogP contribution in [0.1, 0.15) is 16.2 Å². The number of hydrazine groups is 1. The maximum Gasteiger partial charge on any atom is 0.277 e. The Morgan fingerprint density at radius 2 is 2.00 bits per heavy atom. The Morgan fingerprint density at radius 3 is 2.61 bits per heavy atom. The highest BCUT2D eigenvalue weighted by Crippen LogP contribution is 2.06. The van der Waals surface area contributed by atoms with Crippen molar-refractivity contribution in [3.63, 3.8) is 0 Å². The fourth-order valence-electron chi connectivity index (χ4n) is 1.32. The van der Waals surface area contributed by atoms with Crippen LogP contribution in [0, 0.1) is 6.92 Å². The summed E-state index contributed by atoms with van der Waals surface area (Å²) in [6.07, 6.45) is 0. The van der Waals surface area contributed by atoms with Gasteiger partial charge in [0, 0.05) is 5.69 Å². The molecular weight excluding hydrogens is 232 g/mol. The third kappa shape index (κ3) is 2.77. The SMILES string of the molecule is Cc1cccc(NC(=O)c2ccc(NN)nn2)n1. The molecule has 0 saturated heterocycles. The van der Waals surface area contributed by atoms with Gasteiger partial charge < -0.3 is 10.7 Å². The molecule has 0 radical (unpaired) electrons. The molecule has 4 N–H and O–H groups in total. The second-order valence-electron chi connectivity index (χ2n) is 3.57. The number of nitrogen functional groups attached to an aromatic ring is 1. The molecule has 0 unspecified atom stereocenters. The fraction of sp³-hybridized carbons (Fsp3) is 0.0909. The number of anilines is 2. The molecular formula is C11H12N6O. The third-order valence-electron chi connectivity index (χ3n) is 2.17. The number of aromatic nitrogens is 3. The number of nitrogens with one attached hydrogen (secondary N) is 2. The van der Waals surface area contributed by atoms with E-state index in [-0.39, 0.29) is 11.6 Å². The molecule has 0 bridgehead atoms. The van der Waals surface area contributed by atoms with E-state index in [1.807, 2.05) is 19.1 Å². The number of aryl methyl sites for hydroxylation is 1. The third-order valence-corrected chi connectivity index (χ3v) is 2.17. The number of nitrogens with zero attached hydrogens (tertiary/aromatic N) is 3. The largest absolute Gasteiger partial charge is 0.307 e. The van der Waals surface area contributed by atoms with Crippen molar-refractivity contribution in [3.8, 4) is 0 Å². The van der Waals surface area contributed by atoms with Crippen molar-refractivity contribution in [1.82, 2.24) is 15.2 Å². The zero-order valence-electron chi connectivity index (χ0n) is 9.71. The lowest BCUT2D eigenvalue weighted by atomic mass is 10.3. The predicted molar refractivity (Wildman–Crippen MR) is 66.8 cm³/mol. The molecule has 0 aliphatic carbocycles. The van der Waals surface area contributed by atoms with E-state index in [9.17, 15) is 4.79 Å². The molecule has 0 aliphatic heterocycles. The summed E-state index contributed by atoms with van der Waals surface area (Å²) in [6.45, 7) is 1.84. The summed E-state index contributed by atoms with van der Waals surface area (Å²) in [5, 5.41) is 10.1. The molecule has 0 fully saturated rings. The lowest BCUT2D eigenvalue weighted by molar-refractivity contribution is 0.102. The zero-order chi connectivity index (χ0) is 13.0. The van der Waals surface area contributed by atoms with E-state index < -0.39 is 0 Å². The molecule has 1 amide bonds. The number of hydrogen-bond donors (Lipinski definition) is 3. The lowest BCUT2D eigenvalue weighted by Gasteiger charge is -2.04. The first-order chi connectivity index (χ1) is 8.69. The van der Waals surface area contributed by atoms with Crippen LogP contribution in [0.3, 0.4) is 0 Å². The van der Waals surface area contributed by atoms with Crippen molar-refractivity contribution in [2.24, 2.45) is 5.84 Å². The van der Waals surface area contributed by atoms with E-state index in [0.29, 0.717) is 11.6 Å². The smallest absolute Gasteiger partial charge is 0.277 e. The zero-order valence-corrected chi connectivity index (χ0v) is 9.71. The number of carbonyl (C=O) groups is 1. The molecule has 0 atom stereocenters. The Labute approximate surface area is 103 Å². The minimum absolute atomic E-state index is 0.192. The van der Waals surface area contributed by atoms with Crippen LogP contribution in [-0.4, -0.2) is 21.1 Å². The van der Waals surface area contributed by atoms with Crippen LogP contribution in [0.15, 0.2) is 30.3 Å². The number of carbonyl (C=O) groups excluding carboxylic acids is 1. The van der Waals surface area contributed by atoms with E-state index >= 15 is 0 Å². The monoisotopic (exact) mass is 244 g/mol. The van der Waals surface area contributed by atoms with Crippen molar-refractivity contribution >= 4 is 17.5 Å². The Morgan fingerprint density at radius 1 is 1.17 bits per heavy atom. The van der Waals surface area contributed by atoms with Gasteiger partial charge in [-0.2, -0.15) is 0 Å². The number of hydrogen-bond acceptors (Lipinski definition) is 6. The van der Waals surface area contributed by atoms with Crippen LogP contribution in [0.2, 0.25) is 0 Å². The Bertz CT molecular complexity index is 554. The summed E-state index contributed by atoms with van der Waals surface area (Å²) in [6, 6.07) is 8.44. The summed E-state index contributed by atoms with van der Waals surface area (Å²) in [5.41, 5.74) is 3.35. The highest BCUT2D eigenvalue weighted by Gasteiger charge is 2.09. The minimum Gasteiger partial charge on any atom is -0.307 e. The predicted octanol–water partition coefficient (Wildman–Crippen LogP) is 0.718. The summed E-state index contributed by atoms with van der Waals surface area (Å²) >= 11 is 0. The molecule has 2 aromatic rings. The second kappa shape index (κ2) is 5.19. The minimum atomic E-state index is -0.371. The number of amides is 1. The van der Waals surface area contributed by atoms with Gasteiger partial charge in [0.05, 0.1) is 0 Å². The normalized spacial score (nSPS) is 9.89. The number of pyridine rings is 1. The van der Waals surface area contributed by atoms with E-state index in [2.05, 4.69) is 25.9 Å². The average molecular weight is 244 g/mol. The lowest BCUT2D eigenvalue weighted by Crippen LogP contribution is -2.16. The van der Waals surface area contributed by atoms with Crippen molar-refractivity contribution in [2.45, 2.75) is 6.92 Å². The summed E-state index contributed by atoms with van der Waals surface area (Å²) in [7, 11) is 0. The molecule has 92 valence electrons. The van der Waals surface area contributed by atoms with E-state index in [1.54, 1.807) is 12.1 Å². The summed E-state index contributed by atoms with van der Waals surface area (Å²) in [4.78, 5) is 16.0. The van der Waals surface area contributed by atoms with E-state index in [1.165, 1.54) is 6.07 Å². The number of nitrogens with two attached hydrogens (primary N) is 1. The first kappa shape index (κ1) is 11.9. The van der Waals surface area contributed by atoms with Gasteiger partial charge in [0.1, 0.15) is 5.82 Å². The van der Waals surface area contributed by atoms with Gasteiger partial charge in [-0.3, -0.25) is 4.79 Å². The molecule has 0 saturated carbocycles. The standard InChI is InChI=1S/C11H12N6O/c1-7-3-2-4-9(13-7)14-11(18)8-5-6-10(15-12)17-16-8/h2-6H,12H2,1H3,(H,15,17)(H,13,14,18). The van der Waals surface area contributed by atoms with Crippen molar-refractivity contribution in [2.75, 3.05) is 10.7 Å². The van der Waals surface area contributed by atoms with Crippen molar-refractivity contribution in [1.29, 1.82) is 0 Å². The van der Waals surface area contributed by atoms with Crippen molar-refractivity contribution < 1.29 is 4.79 Å². The van der Waals surface area contributed by atoms with E-state index in [0.717, 1.165) is 5.69 Å². The highest BCUT2D eigenvalue weighted by molar-refractivity contribution is 6.02. The van der Waals surface area contributed by atoms with Gasteiger partial charge in [-0.05, 0) is 31.2 Å². The van der Waals surface area contributed by atoms with Crippen LogP contribution < -0.4 is 16.6 Å². The van der Waals surface area contributed by atoms with Gasteiger partial charge in [0.15, 0.2) is 11.5 Å². The molecule has 2 aromatic heterocycles. The molecule has 2 heterocycles. The van der Waals surface area contributed by atoms with Crippen molar-refractivity contribution in [3.05, 3.63) is 41.7 Å². The molecule has 2 rings (SSSR count). The van der Waals surface area contributed by atoms with E-state index in [4.69, 9.17) is 5.84 Å². The molecule has 7 nitrogen and oxygen atoms in total. The Balaban J connectivity index is 2.11. The maximum absolute atomic E-state index is 11.8. The van der Waals surface area contributed by atoms with Crippen LogP contribution in [0.5, 0.6) is 0 Å². The van der Waals surface area contributed by atoms with Crippen LogP contribution in [0.25, 0.3) is 0 Å². The van der Waals surface area contributed by atoms with Gasteiger partial charge in [-0.1, -0.05) is 6.07 Å². The van der Waals surface area contributed by atoms with Gasteiger partial charge >= 0.3 is 0 Å². The number of rotatable bonds is 3. The first-order valence-electron chi connectivity index (χ1n) is 5.24. The van der Waals surface area contributed by atoms with Crippen LogP contribution in [0.4, 0.5) is 11.6 Å².